The number of benzene rings is 1. The van der Waals surface area contributed by atoms with Gasteiger partial charge in [-0.1, -0.05) is 11.6 Å². The molecule has 0 aliphatic rings. The van der Waals surface area contributed by atoms with E-state index in [2.05, 4.69) is 10.4 Å². The zero-order valence-corrected chi connectivity index (χ0v) is 13.2. The summed E-state index contributed by atoms with van der Waals surface area (Å²) in [6.07, 6.45) is 0. The van der Waals surface area contributed by atoms with Crippen molar-refractivity contribution in [2.45, 2.75) is 13.8 Å². The van der Waals surface area contributed by atoms with Crippen molar-refractivity contribution in [2.24, 2.45) is 0 Å². The minimum absolute atomic E-state index is 0.120. The van der Waals surface area contributed by atoms with E-state index in [0.29, 0.717) is 16.4 Å². The van der Waals surface area contributed by atoms with E-state index < -0.39 is 0 Å². The number of nitrogens with zero attached hydrogens (tertiary/aromatic N) is 5. The summed E-state index contributed by atoms with van der Waals surface area (Å²) in [6.45, 7) is 3.81. The first-order valence-electron chi connectivity index (χ1n) is 6.55. The van der Waals surface area contributed by atoms with Crippen LogP contribution in [0.3, 0.4) is 0 Å². The van der Waals surface area contributed by atoms with Crippen molar-refractivity contribution in [3.05, 3.63) is 51.9 Å². The third-order valence-electron chi connectivity index (χ3n) is 3.04. The molecule has 0 bridgehead atoms. The Hall–Kier alpha value is -3.27. The lowest BCUT2D eigenvalue weighted by Gasteiger charge is -2.10. The van der Waals surface area contributed by atoms with Crippen molar-refractivity contribution >= 4 is 17.3 Å². The van der Waals surface area contributed by atoms with Crippen LogP contribution in [0.1, 0.15) is 11.4 Å². The lowest BCUT2D eigenvalue weighted by molar-refractivity contribution is 0.834. The maximum atomic E-state index is 9.04. The van der Waals surface area contributed by atoms with Crippen LogP contribution in [0.2, 0.25) is 5.02 Å². The standard InChI is InChI=1S/C16H11ClN6/c1-10-5-11(2)23(22-10)16-4-3-13(6-14(16)17)21-15(9-20)12(7-18)8-19/h3-6,21H,1-2H3. The summed E-state index contributed by atoms with van der Waals surface area (Å²) >= 11 is 6.29. The maximum absolute atomic E-state index is 9.04. The number of nitrogens with one attached hydrogen (secondary N) is 1. The fourth-order valence-electron chi connectivity index (χ4n) is 2.06. The van der Waals surface area contributed by atoms with Gasteiger partial charge in [0.25, 0.3) is 0 Å². The third kappa shape index (κ3) is 3.32. The molecule has 1 N–H and O–H groups in total. The lowest BCUT2D eigenvalue weighted by atomic mass is 10.2. The molecule has 2 aromatic rings. The van der Waals surface area contributed by atoms with E-state index in [-0.39, 0.29) is 11.3 Å². The van der Waals surface area contributed by atoms with Crippen LogP contribution in [0, 0.1) is 47.8 Å². The molecule has 0 spiro atoms. The second-order valence-electron chi connectivity index (χ2n) is 4.72. The van der Waals surface area contributed by atoms with E-state index in [0.717, 1.165) is 11.4 Å². The molecule has 23 heavy (non-hydrogen) atoms. The van der Waals surface area contributed by atoms with E-state index >= 15 is 0 Å². The van der Waals surface area contributed by atoms with Gasteiger partial charge in [-0.15, -0.1) is 0 Å². The van der Waals surface area contributed by atoms with Crippen molar-refractivity contribution in [1.29, 1.82) is 15.8 Å². The highest BCUT2D eigenvalue weighted by atomic mass is 35.5. The van der Waals surface area contributed by atoms with Gasteiger partial charge in [0, 0.05) is 11.4 Å². The number of hydrogen-bond donors (Lipinski definition) is 1. The fraction of sp³-hybridized carbons (Fsp3) is 0.125. The van der Waals surface area contributed by atoms with Gasteiger partial charge in [-0.05, 0) is 38.1 Å². The Bertz CT molecular complexity index is 902. The first-order chi connectivity index (χ1) is 11.0. The number of aromatic nitrogens is 2. The molecule has 1 aromatic heterocycles. The van der Waals surface area contributed by atoms with Gasteiger partial charge in [-0.25, -0.2) is 4.68 Å². The zero-order valence-electron chi connectivity index (χ0n) is 12.4. The summed E-state index contributed by atoms with van der Waals surface area (Å²) < 4.78 is 1.72. The van der Waals surface area contributed by atoms with Gasteiger partial charge in [0.2, 0.25) is 0 Å². The average Bonchev–Trinajstić information content (AvgIpc) is 2.86. The number of rotatable bonds is 3. The molecule has 0 unspecified atom stereocenters. The van der Waals surface area contributed by atoms with Gasteiger partial charge in [0.15, 0.2) is 5.57 Å². The highest BCUT2D eigenvalue weighted by Crippen LogP contribution is 2.26. The SMILES string of the molecule is Cc1cc(C)n(-c2ccc(NC(C#N)=C(C#N)C#N)cc2Cl)n1. The number of anilines is 1. The second kappa shape index (κ2) is 6.66. The molecule has 112 valence electrons. The summed E-state index contributed by atoms with van der Waals surface area (Å²) in [5, 5.41) is 34.2. The highest BCUT2D eigenvalue weighted by Gasteiger charge is 2.11. The Morgan fingerprint density at radius 1 is 1.13 bits per heavy atom. The van der Waals surface area contributed by atoms with Gasteiger partial charge >= 0.3 is 0 Å². The monoisotopic (exact) mass is 322 g/mol. The number of halogens is 1. The first kappa shape index (κ1) is 16.1. The second-order valence-corrected chi connectivity index (χ2v) is 5.12. The zero-order chi connectivity index (χ0) is 17.0. The van der Waals surface area contributed by atoms with E-state index in [9.17, 15) is 0 Å². The van der Waals surface area contributed by atoms with Crippen molar-refractivity contribution in [3.63, 3.8) is 0 Å². The van der Waals surface area contributed by atoms with Crippen molar-refractivity contribution in [3.8, 4) is 23.9 Å². The predicted molar refractivity (Wildman–Crippen MR) is 85.5 cm³/mol. The topological polar surface area (TPSA) is 101 Å². The molecule has 1 heterocycles. The smallest absolute Gasteiger partial charge is 0.163 e. The van der Waals surface area contributed by atoms with Gasteiger partial charge in [-0.2, -0.15) is 20.9 Å². The summed E-state index contributed by atoms with van der Waals surface area (Å²) in [5.74, 6) is 0. The molecular formula is C16H11ClN6. The lowest BCUT2D eigenvalue weighted by Crippen LogP contribution is -2.03. The number of nitriles is 3. The average molecular weight is 323 g/mol. The minimum Gasteiger partial charge on any atom is -0.345 e. The molecule has 2 rings (SSSR count). The predicted octanol–water partition coefficient (Wildman–Crippen LogP) is 3.38. The Labute approximate surface area is 138 Å². The van der Waals surface area contributed by atoms with Gasteiger partial charge in [0.1, 0.15) is 23.9 Å². The summed E-state index contributed by atoms with van der Waals surface area (Å²) in [7, 11) is 0. The van der Waals surface area contributed by atoms with Crippen molar-refractivity contribution in [2.75, 3.05) is 5.32 Å². The molecule has 0 fully saturated rings. The third-order valence-corrected chi connectivity index (χ3v) is 3.34. The summed E-state index contributed by atoms with van der Waals surface area (Å²) in [4.78, 5) is 0. The Morgan fingerprint density at radius 3 is 2.30 bits per heavy atom. The van der Waals surface area contributed by atoms with Crippen molar-refractivity contribution < 1.29 is 0 Å². The molecule has 0 amide bonds. The Kier molecular flexibility index (Phi) is 4.66. The van der Waals surface area contributed by atoms with Crippen LogP contribution < -0.4 is 5.32 Å². The number of aryl methyl sites for hydroxylation is 2. The Balaban J connectivity index is 2.40. The number of allylic oxidation sites excluding steroid dienone is 2. The summed E-state index contributed by atoms with van der Waals surface area (Å²) in [6, 6.07) is 12.1. The number of hydrogen-bond acceptors (Lipinski definition) is 5. The normalized spacial score (nSPS) is 9.39. The largest absolute Gasteiger partial charge is 0.345 e. The molecule has 0 radical (unpaired) electrons. The van der Waals surface area contributed by atoms with Crippen LogP contribution >= 0.6 is 11.6 Å². The highest BCUT2D eigenvalue weighted by molar-refractivity contribution is 6.32. The first-order valence-corrected chi connectivity index (χ1v) is 6.92. The maximum Gasteiger partial charge on any atom is 0.163 e. The molecular weight excluding hydrogens is 312 g/mol. The van der Waals surface area contributed by atoms with Crippen LogP contribution in [0.15, 0.2) is 35.5 Å². The van der Waals surface area contributed by atoms with E-state index in [1.54, 1.807) is 41.1 Å². The van der Waals surface area contributed by atoms with Gasteiger partial charge in [-0.3, -0.25) is 0 Å². The molecule has 0 saturated heterocycles. The van der Waals surface area contributed by atoms with Crippen LogP contribution in [-0.4, -0.2) is 9.78 Å². The van der Waals surface area contributed by atoms with Crippen LogP contribution in [0.4, 0.5) is 5.69 Å². The quantitative estimate of drug-likeness (QED) is 0.873. The van der Waals surface area contributed by atoms with E-state index in [4.69, 9.17) is 27.4 Å². The molecule has 1 aromatic carbocycles. The molecule has 7 heteroatoms. The molecule has 0 aliphatic heterocycles. The van der Waals surface area contributed by atoms with E-state index in [1.165, 1.54) is 0 Å². The van der Waals surface area contributed by atoms with Crippen LogP contribution in [0.5, 0.6) is 0 Å². The minimum atomic E-state index is -0.286. The molecule has 0 saturated carbocycles. The van der Waals surface area contributed by atoms with Crippen LogP contribution in [-0.2, 0) is 0 Å². The van der Waals surface area contributed by atoms with E-state index in [1.807, 2.05) is 19.9 Å². The Morgan fingerprint density at radius 2 is 1.83 bits per heavy atom. The van der Waals surface area contributed by atoms with Crippen LogP contribution in [0.25, 0.3) is 5.69 Å². The molecule has 0 aliphatic carbocycles. The van der Waals surface area contributed by atoms with Gasteiger partial charge in [0.05, 0.1) is 16.4 Å². The fourth-order valence-corrected chi connectivity index (χ4v) is 2.32. The van der Waals surface area contributed by atoms with Crippen molar-refractivity contribution in [1.82, 2.24) is 9.78 Å². The molecule has 0 atom stereocenters. The van der Waals surface area contributed by atoms with Gasteiger partial charge < -0.3 is 5.32 Å². The molecule has 6 nitrogen and oxygen atoms in total. The summed E-state index contributed by atoms with van der Waals surface area (Å²) in [5.41, 5.74) is 2.62.